The fourth-order valence-corrected chi connectivity index (χ4v) is 4.12. The van der Waals surface area contributed by atoms with Crippen LogP contribution >= 0.6 is 0 Å². The van der Waals surface area contributed by atoms with E-state index in [4.69, 9.17) is 0 Å². The van der Waals surface area contributed by atoms with Crippen LogP contribution in [0.2, 0.25) is 0 Å². The van der Waals surface area contributed by atoms with Crippen molar-refractivity contribution in [3.63, 3.8) is 0 Å². The first-order valence-electron chi connectivity index (χ1n) is 9.18. The van der Waals surface area contributed by atoms with Crippen LogP contribution in [0.1, 0.15) is 72.1 Å². The standard InChI is InChI=1S/C18H36N2/c1-4-5-12-20(14-17-9-7-11-19-17)18-10-6-8-16(13-18)15(2)3/h15-19H,4-14H2,1-3H3. The second kappa shape index (κ2) is 8.38. The molecule has 0 radical (unpaired) electrons. The van der Waals surface area contributed by atoms with Crippen LogP contribution in [0.3, 0.4) is 0 Å². The Hall–Kier alpha value is -0.0800. The van der Waals surface area contributed by atoms with Crippen LogP contribution < -0.4 is 5.32 Å². The molecule has 0 aromatic heterocycles. The van der Waals surface area contributed by atoms with E-state index in [1.807, 2.05) is 0 Å². The van der Waals surface area contributed by atoms with E-state index in [0.717, 1.165) is 23.9 Å². The Labute approximate surface area is 126 Å². The lowest BCUT2D eigenvalue weighted by Gasteiger charge is -2.40. The third kappa shape index (κ3) is 4.73. The van der Waals surface area contributed by atoms with Crippen molar-refractivity contribution in [2.45, 2.75) is 84.2 Å². The highest BCUT2D eigenvalue weighted by Crippen LogP contribution is 2.33. The van der Waals surface area contributed by atoms with E-state index in [-0.39, 0.29) is 0 Å². The Morgan fingerprint density at radius 1 is 1.15 bits per heavy atom. The molecule has 20 heavy (non-hydrogen) atoms. The molecular weight excluding hydrogens is 244 g/mol. The highest BCUT2D eigenvalue weighted by molar-refractivity contribution is 4.85. The topological polar surface area (TPSA) is 15.3 Å². The first kappa shape index (κ1) is 16.3. The minimum Gasteiger partial charge on any atom is -0.313 e. The molecule has 0 amide bonds. The largest absolute Gasteiger partial charge is 0.313 e. The zero-order valence-corrected chi connectivity index (χ0v) is 14.0. The molecule has 1 saturated carbocycles. The SMILES string of the molecule is CCCCN(CC1CCCN1)C1CCCC(C(C)C)C1. The van der Waals surface area contributed by atoms with Gasteiger partial charge < -0.3 is 5.32 Å². The van der Waals surface area contributed by atoms with E-state index in [2.05, 4.69) is 31.0 Å². The summed E-state index contributed by atoms with van der Waals surface area (Å²) in [7, 11) is 0. The van der Waals surface area contributed by atoms with Gasteiger partial charge in [-0.2, -0.15) is 0 Å². The van der Waals surface area contributed by atoms with Gasteiger partial charge in [0, 0.05) is 18.6 Å². The van der Waals surface area contributed by atoms with E-state index in [1.54, 1.807) is 0 Å². The van der Waals surface area contributed by atoms with Gasteiger partial charge in [-0.3, -0.25) is 4.90 Å². The predicted octanol–water partition coefficient (Wildman–Crippen LogP) is 4.06. The van der Waals surface area contributed by atoms with Gasteiger partial charge in [-0.05, 0) is 57.0 Å². The minimum atomic E-state index is 0.770. The normalized spacial score (nSPS) is 31.4. The summed E-state index contributed by atoms with van der Waals surface area (Å²) < 4.78 is 0. The lowest BCUT2D eigenvalue weighted by Crippen LogP contribution is -2.46. The van der Waals surface area contributed by atoms with E-state index in [0.29, 0.717) is 0 Å². The van der Waals surface area contributed by atoms with E-state index in [1.165, 1.54) is 71.0 Å². The highest BCUT2D eigenvalue weighted by Gasteiger charge is 2.29. The maximum Gasteiger partial charge on any atom is 0.0195 e. The first-order valence-corrected chi connectivity index (χ1v) is 9.18. The van der Waals surface area contributed by atoms with Gasteiger partial charge >= 0.3 is 0 Å². The van der Waals surface area contributed by atoms with Gasteiger partial charge in [0.25, 0.3) is 0 Å². The summed E-state index contributed by atoms with van der Waals surface area (Å²) in [5.41, 5.74) is 0. The van der Waals surface area contributed by atoms with Crippen molar-refractivity contribution in [2.24, 2.45) is 11.8 Å². The molecule has 2 heteroatoms. The molecule has 0 spiro atoms. The maximum atomic E-state index is 3.69. The number of nitrogens with zero attached hydrogens (tertiary/aromatic N) is 1. The number of rotatable bonds is 7. The summed E-state index contributed by atoms with van der Waals surface area (Å²) >= 11 is 0. The lowest BCUT2D eigenvalue weighted by atomic mass is 9.78. The number of hydrogen-bond acceptors (Lipinski definition) is 2. The quantitative estimate of drug-likeness (QED) is 0.756. The molecule has 0 bridgehead atoms. The predicted molar refractivity (Wildman–Crippen MR) is 88.1 cm³/mol. The van der Waals surface area contributed by atoms with Gasteiger partial charge in [0.1, 0.15) is 0 Å². The van der Waals surface area contributed by atoms with Crippen molar-refractivity contribution in [1.29, 1.82) is 0 Å². The minimum absolute atomic E-state index is 0.770. The van der Waals surface area contributed by atoms with Crippen molar-refractivity contribution in [3.8, 4) is 0 Å². The lowest BCUT2D eigenvalue weighted by molar-refractivity contribution is 0.104. The van der Waals surface area contributed by atoms with Gasteiger partial charge in [0.15, 0.2) is 0 Å². The fraction of sp³-hybridized carbons (Fsp3) is 1.00. The molecule has 1 aliphatic heterocycles. The molecule has 2 aliphatic rings. The molecular formula is C18H36N2. The maximum absolute atomic E-state index is 3.69. The van der Waals surface area contributed by atoms with Crippen molar-refractivity contribution in [1.82, 2.24) is 10.2 Å². The Bertz CT molecular complexity index is 258. The summed E-state index contributed by atoms with van der Waals surface area (Å²) in [5, 5.41) is 3.69. The molecule has 2 fully saturated rings. The molecule has 1 heterocycles. The zero-order valence-electron chi connectivity index (χ0n) is 14.0. The first-order chi connectivity index (χ1) is 9.70. The average Bonchev–Trinajstić information content (AvgIpc) is 2.96. The van der Waals surface area contributed by atoms with Crippen LogP contribution in [0.15, 0.2) is 0 Å². The zero-order chi connectivity index (χ0) is 14.4. The summed E-state index contributed by atoms with van der Waals surface area (Å²) in [5.74, 6) is 1.84. The number of unbranched alkanes of at least 4 members (excludes halogenated alkanes) is 1. The van der Waals surface area contributed by atoms with Crippen LogP contribution in [0.5, 0.6) is 0 Å². The van der Waals surface area contributed by atoms with Gasteiger partial charge in [-0.1, -0.05) is 40.0 Å². The summed E-state index contributed by atoms with van der Waals surface area (Å²) in [6.07, 6.45) is 11.3. The van der Waals surface area contributed by atoms with Crippen LogP contribution in [0.4, 0.5) is 0 Å². The molecule has 1 N–H and O–H groups in total. The fourth-order valence-electron chi connectivity index (χ4n) is 4.12. The smallest absolute Gasteiger partial charge is 0.0195 e. The summed E-state index contributed by atoms with van der Waals surface area (Å²) in [6.45, 7) is 11.0. The number of hydrogen-bond donors (Lipinski definition) is 1. The van der Waals surface area contributed by atoms with Crippen molar-refractivity contribution >= 4 is 0 Å². The van der Waals surface area contributed by atoms with Gasteiger partial charge in [0.2, 0.25) is 0 Å². The van der Waals surface area contributed by atoms with E-state index >= 15 is 0 Å². The molecule has 2 rings (SSSR count). The second-order valence-corrected chi connectivity index (χ2v) is 7.47. The van der Waals surface area contributed by atoms with Crippen LogP contribution in [-0.4, -0.2) is 36.6 Å². The molecule has 1 aliphatic carbocycles. The van der Waals surface area contributed by atoms with E-state index in [9.17, 15) is 0 Å². The summed E-state index contributed by atoms with van der Waals surface area (Å²) in [4.78, 5) is 2.85. The Kier molecular flexibility index (Phi) is 6.83. The molecule has 3 unspecified atom stereocenters. The van der Waals surface area contributed by atoms with E-state index < -0.39 is 0 Å². The number of nitrogens with one attached hydrogen (secondary N) is 1. The monoisotopic (exact) mass is 280 g/mol. The molecule has 0 aromatic rings. The van der Waals surface area contributed by atoms with Crippen LogP contribution in [0.25, 0.3) is 0 Å². The Morgan fingerprint density at radius 3 is 2.65 bits per heavy atom. The van der Waals surface area contributed by atoms with Gasteiger partial charge in [0.05, 0.1) is 0 Å². The molecule has 0 aromatic carbocycles. The highest BCUT2D eigenvalue weighted by atomic mass is 15.2. The van der Waals surface area contributed by atoms with Crippen molar-refractivity contribution in [2.75, 3.05) is 19.6 Å². The molecule has 1 saturated heterocycles. The van der Waals surface area contributed by atoms with Crippen molar-refractivity contribution in [3.05, 3.63) is 0 Å². The average molecular weight is 280 g/mol. The van der Waals surface area contributed by atoms with Crippen LogP contribution in [0, 0.1) is 11.8 Å². The third-order valence-corrected chi connectivity index (χ3v) is 5.56. The van der Waals surface area contributed by atoms with Gasteiger partial charge in [-0.25, -0.2) is 0 Å². The molecule has 3 atom stereocenters. The van der Waals surface area contributed by atoms with Gasteiger partial charge in [-0.15, -0.1) is 0 Å². The Morgan fingerprint density at radius 2 is 2.00 bits per heavy atom. The second-order valence-electron chi connectivity index (χ2n) is 7.47. The molecule has 2 nitrogen and oxygen atoms in total. The summed E-state index contributed by atoms with van der Waals surface area (Å²) in [6, 6.07) is 1.64. The van der Waals surface area contributed by atoms with Crippen LogP contribution in [-0.2, 0) is 0 Å². The van der Waals surface area contributed by atoms with Crippen molar-refractivity contribution < 1.29 is 0 Å². The Balaban J connectivity index is 1.89. The molecule has 118 valence electrons. The third-order valence-electron chi connectivity index (χ3n) is 5.56.